The highest BCUT2D eigenvalue weighted by Crippen LogP contribution is 2.27. The third-order valence-corrected chi connectivity index (χ3v) is 6.65. The summed E-state index contributed by atoms with van der Waals surface area (Å²) in [5.74, 6) is -0.340. The van der Waals surface area contributed by atoms with Crippen LogP contribution < -0.4 is 9.62 Å². The quantitative estimate of drug-likeness (QED) is 0.784. The molecule has 1 atom stereocenters. The highest BCUT2D eigenvalue weighted by molar-refractivity contribution is 7.93. The molecule has 7 nitrogen and oxygen atoms in total. The Hall–Kier alpha value is -2.35. The molecule has 2 aromatic rings. The Balaban J connectivity index is 2.51. The molecule has 0 saturated carbocycles. The average Bonchev–Trinajstić information content (AvgIpc) is 2.86. The summed E-state index contributed by atoms with van der Waals surface area (Å²) >= 11 is 0. The number of hydrogen-bond donors (Lipinski definition) is 1. The van der Waals surface area contributed by atoms with Crippen molar-refractivity contribution in [2.24, 2.45) is 7.05 Å². The van der Waals surface area contributed by atoms with E-state index in [1.165, 1.54) is 4.68 Å². The van der Waals surface area contributed by atoms with Crippen LogP contribution in [0.1, 0.15) is 37.2 Å². The Morgan fingerprint density at radius 2 is 1.81 bits per heavy atom. The maximum absolute atomic E-state index is 13.5. The van der Waals surface area contributed by atoms with Gasteiger partial charge >= 0.3 is 0 Å². The zero-order chi connectivity index (χ0) is 20.4. The van der Waals surface area contributed by atoms with Crippen LogP contribution in [-0.4, -0.2) is 36.7 Å². The van der Waals surface area contributed by atoms with Crippen molar-refractivity contribution in [1.82, 2.24) is 15.1 Å². The first-order valence-electron chi connectivity index (χ1n) is 8.96. The molecule has 1 amide bonds. The Morgan fingerprint density at radius 1 is 1.22 bits per heavy atom. The van der Waals surface area contributed by atoms with Crippen molar-refractivity contribution in [3.63, 3.8) is 0 Å². The molecule has 1 N–H and O–H groups in total. The molecule has 8 heteroatoms. The highest BCUT2D eigenvalue weighted by Gasteiger charge is 2.32. The van der Waals surface area contributed by atoms with E-state index < -0.39 is 10.0 Å². The van der Waals surface area contributed by atoms with Gasteiger partial charge in [-0.1, -0.05) is 24.6 Å². The van der Waals surface area contributed by atoms with Gasteiger partial charge < -0.3 is 5.32 Å². The fraction of sp³-hybridized carbons (Fsp3) is 0.474. The Labute approximate surface area is 161 Å². The van der Waals surface area contributed by atoms with E-state index in [-0.39, 0.29) is 23.4 Å². The molecule has 1 heterocycles. The number of anilines is 1. The number of carbonyl (C=O) groups is 1. The van der Waals surface area contributed by atoms with Gasteiger partial charge in [0, 0.05) is 13.1 Å². The van der Waals surface area contributed by atoms with Crippen LogP contribution in [0.25, 0.3) is 0 Å². The topological polar surface area (TPSA) is 84.3 Å². The van der Waals surface area contributed by atoms with E-state index in [0.717, 1.165) is 16.3 Å². The minimum absolute atomic E-state index is 0.0260. The molecule has 0 fully saturated rings. The van der Waals surface area contributed by atoms with E-state index >= 15 is 0 Å². The van der Waals surface area contributed by atoms with Gasteiger partial charge in [-0.25, -0.2) is 8.42 Å². The lowest BCUT2D eigenvalue weighted by Crippen LogP contribution is -2.43. The first-order chi connectivity index (χ1) is 12.6. The van der Waals surface area contributed by atoms with Crippen molar-refractivity contribution in [2.45, 2.75) is 52.0 Å². The molecule has 0 aliphatic heterocycles. The zero-order valence-electron chi connectivity index (χ0n) is 16.8. The van der Waals surface area contributed by atoms with Crippen molar-refractivity contribution in [3.05, 3.63) is 41.2 Å². The van der Waals surface area contributed by atoms with Crippen molar-refractivity contribution in [2.75, 3.05) is 10.8 Å². The van der Waals surface area contributed by atoms with Crippen LogP contribution in [0.15, 0.2) is 29.2 Å². The molecule has 148 valence electrons. The average molecular weight is 393 g/mol. The number of carbonyl (C=O) groups excluding carboxylic acids is 1. The van der Waals surface area contributed by atoms with E-state index in [1.807, 2.05) is 32.9 Å². The monoisotopic (exact) mass is 392 g/mol. The molecular formula is C19H28N4O3S. The molecule has 0 aliphatic carbocycles. The summed E-state index contributed by atoms with van der Waals surface area (Å²) in [5, 5.41) is 7.05. The molecule has 0 saturated heterocycles. The molecule has 2 rings (SSSR count). The summed E-state index contributed by atoms with van der Waals surface area (Å²) in [4.78, 5) is 12.6. The van der Waals surface area contributed by atoms with Crippen LogP contribution >= 0.6 is 0 Å². The Morgan fingerprint density at radius 3 is 2.30 bits per heavy atom. The van der Waals surface area contributed by atoms with Gasteiger partial charge in [-0.3, -0.25) is 13.8 Å². The molecule has 1 aromatic carbocycles. The standard InChI is InChI=1S/C19H28N4O3S/c1-7-14(3)20-18(24)12-23(17-10-8-13(2)9-11-17)27(25,26)19-15(4)21-22(6)16(19)5/h8-11,14H,7,12H2,1-6H3,(H,20,24). The third kappa shape index (κ3) is 4.50. The molecule has 1 unspecified atom stereocenters. The van der Waals surface area contributed by atoms with Gasteiger partial charge in [-0.2, -0.15) is 5.10 Å². The van der Waals surface area contributed by atoms with Crippen molar-refractivity contribution in [3.8, 4) is 0 Å². The maximum atomic E-state index is 13.5. The van der Waals surface area contributed by atoms with Crippen molar-refractivity contribution >= 4 is 21.6 Å². The van der Waals surface area contributed by atoms with Gasteiger partial charge in [0.15, 0.2) is 0 Å². The van der Waals surface area contributed by atoms with E-state index in [4.69, 9.17) is 0 Å². The van der Waals surface area contributed by atoms with Gasteiger partial charge in [0.2, 0.25) is 5.91 Å². The van der Waals surface area contributed by atoms with Gasteiger partial charge in [0.25, 0.3) is 10.0 Å². The summed E-state index contributed by atoms with van der Waals surface area (Å²) in [6, 6.07) is 7.05. The van der Waals surface area contributed by atoms with Gasteiger partial charge in [0.1, 0.15) is 11.4 Å². The number of nitrogens with one attached hydrogen (secondary N) is 1. The maximum Gasteiger partial charge on any atom is 0.268 e. The first-order valence-corrected chi connectivity index (χ1v) is 10.4. The second kappa shape index (κ2) is 8.12. The van der Waals surface area contributed by atoms with Gasteiger partial charge in [0.05, 0.1) is 17.1 Å². The fourth-order valence-corrected chi connectivity index (χ4v) is 4.64. The lowest BCUT2D eigenvalue weighted by Gasteiger charge is -2.25. The third-order valence-electron chi connectivity index (χ3n) is 4.62. The second-order valence-electron chi connectivity index (χ2n) is 6.85. The number of aryl methyl sites for hydroxylation is 3. The number of benzene rings is 1. The van der Waals surface area contributed by atoms with E-state index in [1.54, 1.807) is 33.0 Å². The van der Waals surface area contributed by atoms with Crippen LogP contribution in [0, 0.1) is 20.8 Å². The van der Waals surface area contributed by atoms with Gasteiger partial charge in [-0.15, -0.1) is 0 Å². The molecule has 0 aliphatic rings. The van der Waals surface area contributed by atoms with Crippen LogP contribution in [-0.2, 0) is 21.9 Å². The first kappa shape index (κ1) is 21.0. The van der Waals surface area contributed by atoms with E-state index in [0.29, 0.717) is 17.1 Å². The van der Waals surface area contributed by atoms with Crippen molar-refractivity contribution in [1.29, 1.82) is 0 Å². The minimum Gasteiger partial charge on any atom is -0.352 e. The van der Waals surface area contributed by atoms with Crippen LogP contribution in [0.5, 0.6) is 0 Å². The Kier molecular flexibility index (Phi) is 6.30. The molecule has 1 aromatic heterocycles. The van der Waals surface area contributed by atoms with Crippen LogP contribution in [0.4, 0.5) is 5.69 Å². The zero-order valence-corrected chi connectivity index (χ0v) is 17.6. The second-order valence-corrected chi connectivity index (χ2v) is 8.65. The molecular weight excluding hydrogens is 364 g/mol. The molecule has 0 spiro atoms. The van der Waals surface area contributed by atoms with Crippen LogP contribution in [0.3, 0.4) is 0 Å². The summed E-state index contributed by atoms with van der Waals surface area (Å²) < 4.78 is 29.6. The minimum atomic E-state index is -3.96. The lowest BCUT2D eigenvalue weighted by atomic mass is 10.2. The van der Waals surface area contributed by atoms with Crippen LogP contribution in [0.2, 0.25) is 0 Å². The SMILES string of the molecule is CCC(C)NC(=O)CN(c1ccc(C)cc1)S(=O)(=O)c1c(C)nn(C)c1C. The summed E-state index contributed by atoms with van der Waals surface area (Å²) in [5.41, 5.74) is 2.40. The fourth-order valence-electron chi connectivity index (χ4n) is 2.82. The molecule has 0 bridgehead atoms. The number of amides is 1. The summed E-state index contributed by atoms with van der Waals surface area (Å²) in [6.07, 6.45) is 0.768. The highest BCUT2D eigenvalue weighted by atomic mass is 32.2. The summed E-state index contributed by atoms with van der Waals surface area (Å²) in [6.45, 7) is 8.85. The molecule has 27 heavy (non-hydrogen) atoms. The number of sulfonamides is 1. The number of aromatic nitrogens is 2. The largest absolute Gasteiger partial charge is 0.352 e. The van der Waals surface area contributed by atoms with E-state index in [9.17, 15) is 13.2 Å². The number of rotatable bonds is 7. The van der Waals surface area contributed by atoms with E-state index in [2.05, 4.69) is 10.4 Å². The van der Waals surface area contributed by atoms with Gasteiger partial charge in [-0.05, 0) is 46.2 Å². The predicted octanol–water partition coefficient (Wildman–Crippen LogP) is 2.46. The summed E-state index contributed by atoms with van der Waals surface area (Å²) in [7, 11) is -2.25. The number of hydrogen-bond acceptors (Lipinski definition) is 4. The normalized spacial score (nSPS) is 12.7. The lowest BCUT2D eigenvalue weighted by molar-refractivity contribution is -0.120. The number of nitrogens with zero attached hydrogens (tertiary/aromatic N) is 3. The smallest absolute Gasteiger partial charge is 0.268 e. The Bertz CT molecular complexity index is 917. The van der Waals surface area contributed by atoms with Crippen molar-refractivity contribution < 1.29 is 13.2 Å². The molecule has 0 radical (unpaired) electrons. The predicted molar refractivity (Wildman–Crippen MR) is 106 cm³/mol.